The highest BCUT2D eigenvalue weighted by Gasteiger charge is 2.28. The van der Waals surface area contributed by atoms with Gasteiger partial charge in [-0.2, -0.15) is 0 Å². The minimum absolute atomic E-state index is 0.198. The first-order valence-electron chi connectivity index (χ1n) is 7.34. The van der Waals surface area contributed by atoms with E-state index in [1.54, 1.807) is 7.05 Å². The third-order valence-electron chi connectivity index (χ3n) is 3.70. The van der Waals surface area contributed by atoms with Crippen LogP contribution in [0, 0.1) is 5.92 Å². The number of nitrogen functional groups attached to an aromatic ring is 1. The fraction of sp³-hybridized carbons (Fsp3) is 0.600. The van der Waals surface area contributed by atoms with Gasteiger partial charge in [0.25, 0.3) is 0 Å². The van der Waals surface area contributed by atoms with Gasteiger partial charge in [0.1, 0.15) is 10.6 Å². The highest BCUT2D eigenvalue weighted by Crippen LogP contribution is 2.35. The molecule has 2 rings (SSSR count). The number of sulfonamides is 1. The van der Waals surface area contributed by atoms with Crippen LogP contribution in [0.2, 0.25) is 0 Å². The van der Waals surface area contributed by atoms with E-state index < -0.39 is 10.0 Å². The topological polar surface area (TPSA) is 72.6 Å². The lowest BCUT2D eigenvalue weighted by Gasteiger charge is -2.24. The number of aryl methyl sites for hydroxylation is 1. The Labute approximate surface area is 127 Å². The summed E-state index contributed by atoms with van der Waals surface area (Å²) in [7, 11) is -1.96. The minimum Gasteiger partial charge on any atom is -0.492 e. The fourth-order valence-corrected chi connectivity index (χ4v) is 3.78. The van der Waals surface area contributed by atoms with Crippen molar-refractivity contribution < 1.29 is 13.2 Å². The first-order valence-corrected chi connectivity index (χ1v) is 8.78. The molecule has 0 aromatic heterocycles. The van der Waals surface area contributed by atoms with Gasteiger partial charge in [0.2, 0.25) is 10.0 Å². The maximum Gasteiger partial charge on any atom is 0.246 e. The average Bonchev–Trinajstić information content (AvgIpc) is 2.43. The maximum atomic E-state index is 12.8. The molecule has 2 N–H and O–H groups in total. The molecule has 0 aliphatic carbocycles. The van der Waals surface area contributed by atoms with Crippen molar-refractivity contribution in [1.29, 1.82) is 0 Å². The molecule has 118 valence electrons. The molecule has 0 spiro atoms. The van der Waals surface area contributed by atoms with E-state index in [0.717, 1.165) is 24.8 Å². The minimum atomic E-state index is -3.57. The quantitative estimate of drug-likeness (QED) is 0.847. The molecule has 1 aromatic rings. The van der Waals surface area contributed by atoms with Gasteiger partial charge in [-0.05, 0) is 42.9 Å². The SMILES string of the molecule is CC(C)CCN(C)S(=O)(=O)c1cc(N)cc2c1OCCC2. The van der Waals surface area contributed by atoms with Crippen LogP contribution in [0.3, 0.4) is 0 Å². The van der Waals surface area contributed by atoms with Gasteiger partial charge in [-0.25, -0.2) is 12.7 Å². The summed E-state index contributed by atoms with van der Waals surface area (Å²) in [6.07, 6.45) is 2.51. The Morgan fingerprint density at radius 1 is 1.38 bits per heavy atom. The molecule has 0 saturated heterocycles. The monoisotopic (exact) mass is 312 g/mol. The van der Waals surface area contributed by atoms with E-state index in [4.69, 9.17) is 10.5 Å². The van der Waals surface area contributed by atoms with Crippen LogP contribution in [-0.2, 0) is 16.4 Å². The Kier molecular flexibility index (Phi) is 4.78. The van der Waals surface area contributed by atoms with Gasteiger partial charge in [0.05, 0.1) is 6.61 Å². The molecule has 0 unspecified atom stereocenters. The predicted octanol–water partition coefficient (Wildman–Crippen LogP) is 2.26. The lowest BCUT2D eigenvalue weighted by Crippen LogP contribution is -2.29. The third-order valence-corrected chi connectivity index (χ3v) is 5.56. The number of nitrogens with zero attached hydrogens (tertiary/aromatic N) is 1. The maximum absolute atomic E-state index is 12.8. The molecule has 0 atom stereocenters. The van der Waals surface area contributed by atoms with E-state index >= 15 is 0 Å². The van der Waals surface area contributed by atoms with Crippen LogP contribution in [0.4, 0.5) is 5.69 Å². The lowest BCUT2D eigenvalue weighted by molar-refractivity contribution is 0.279. The zero-order chi connectivity index (χ0) is 15.6. The van der Waals surface area contributed by atoms with E-state index in [1.165, 1.54) is 10.4 Å². The van der Waals surface area contributed by atoms with E-state index in [-0.39, 0.29) is 4.90 Å². The van der Waals surface area contributed by atoms with Gasteiger partial charge in [0, 0.05) is 19.3 Å². The number of benzene rings is 1. The molecule has 0 saturated carbocycles. The molecule has 0 radical (unpaired) electrons. The van der Waals surface area contributed by atoms with Gasteiger partial charge >= 0.3 is 0 Å². The second-order valence-electron chi connectivity index (χ2n) is 5.97. The van der Waals surface area contributed by atoms with Gasteiger partial charge in [-0.15, -0.1) is 0 Å². The molecule has 21 heavy (non-hydrogen) atoms. The Morgan fingerprint density at radius 3 is 2.76 bits per heavy atom. The van der Waals surface area contributed by atoms with Crippen molar-refractivity contribution in [2.24, 2.45) is 5.92 Å². The van der Waals surface area contributed by atoms with Crippen molar-refractivity contribution >= 4 is 15.7 Å². The molecule has 0 fully saturated rings. The smallest absolute Gasteiger partial charge is 0.246 e. The number of fused-ring (bicyclic) bond motifs is 1. The summed E-state index contributed by atoms with van der Waals surface area (Å²) in [6.45, 7) is 5.19. The van der Waals surface area contributed by atoms with Crippen LogP contribution >= 0.6 is 0 Å². The Morgan fingerprint density at radius 2 is 2.10 bits per heavy atom. The number of ether oxygens (including phenoxy) is 1. The second kappa shape index (κ2) is 6.23. The van der Waals surface area contributed by atoms with E-state index in [2.05, 4.69) is 13.8 Å². The van der Waals surface area contributed by atoms with Crippen LogP contribution in [-0.4, -0.2) is 32.9 Å². The number of nitrogens with two attached hydrogens (primary N) is 1. The number of hydrogen-bond acceptors (Lipinski definition) is 4. The third kappa shape index (κ3) is 3.49. The molecule has 0 bridgehead atoms. The van der Waals surface area contributed by atoms with Crippen LogP contribution in [0.1, 0.15) is 32.3 Å². The van der Waals surface area contributed by atoms with Crippen molar-refractivity contribution in [3.05, 3.63) is 17.7 Å². The number of anilines is 1. The van der Waals surface area contributed by atoms with E-state index in [9.17, 15) is 8.42 Å². The summed E-state index contributed by atoms with van der Waals surface area (Å²) in [5, 5.41) is 0. The summed E-state index contributed by atoms with van der Waals surface area (Å²) >= 11 is 0. The fourth-order valence-electron chi connectivity index (χ4n) is 2.39. The van der Waals surface area contributed by atoms with Crippen molar-refractivity contribution in [1.82, 2.24) is 4.31 Å². The zero-order valence-corrected chi connectivity index (χ0v) is 13.7. The van der Waals surface area contributed by atoms with Crippen LogP contribution in [0.5, 0.6) is 5.75 Å². The van der Waals surface area contributed by atoms with Crippen molar-refractivity contribution in [3.63, 3.8) is 0 Å². The van der Waals surface area contributed by atoms with Gasteiger partial charge in [-0.3, -0.25) is 0 Å². The summed E-state index contributed by atoms with van der Waals surface area (Å²) in [4.78, 5) is 0.198. The highest BCUT2D eigenvalue weighted by atomic mass is 32.2. The Hall–Kier alpha value is -1.27. The number of rotatable bonds is 5. The average molecular weight is 312 g/mol. The van der Waals surface area contributed by atoms with Crippen LogP contribution in [0.25, 0.3) is 0 Å². The standard InChI is InChI=1S/C15H24N2O3S/c1-11(2)6-7-17(3)21(18,19)14-10-13(16)9-12-5-4-8-20-15(12)14/h9-11H,4-8,16H2,1-3H3. The van der Waals surface area contributed by atoms with Crippen molar-refractivity contribution in [2.75, 3.05) is 25.9 Å². The molecule has 5 nitrogen and oxygen atoms in total. The molecular weight excluding hydrogens is 288 g/mol. The summed E-state index contributed by atoms with van der Waals surface area (Å²) in [5.74, 6) is 0.931. The Bertz CT molecular complexity index is 612. The van der Waals surface area contributed by atoms with E-state index in [0.29, 0.717) is 30.5 Å². The van der Waals surface area contributed by atoms with Gasteiger partial charge < -0.3 is 10.5 Å². The van der Waals surface area contributed by atoms with Crippen molar-refractivity contribution in [2.45, 2.75) is 38.0 Å². The summed E-state index contributed by atoms with van der Waals surface area (Å²) < 4.78 is 32.5. The lowest BCUT2D eigenvalue weighted by atomic mass is 10.1. The Balaban J connectivity index is 2.37. The van der Waals surface area contributed by atoms with Gasteiger partial charge in [0.15, 0.2) is 0 Å². The van der Waals surface area contributed by atoms with Crippen LogP contribution in [0.15, 0.2) is 17.0 Å². The summed E-state index contributed by atoms with van der Waals surface area (Å²) in [6, 6.07) is 3.31. The summed E-state index contributed by atoms with van der Waals surface area (Å²) in [5.41, 5.74) is 7.22. The molecule has 0 amide bonds. The predicted molar refractivity (Wildman–Crippen MR) is 83.9 cm³/mol. The van der Waals surface area contributed by atoms with Crippen LogP contribution < -0.4 is 10.5 Å². The molecule has 1 aliphatic heterocycles. The second-order valence-corrected chi connectivity index (χ2v) is 7.98. The van der Waals surface area contributed by atoms with Crippen molar-refractivity contribution in [3.8, 4) is 5.75 Å². The van der Waals surface area contributed by atoms with Gasteiger partial charge in [-0.1, -0.05) is 13.8 Å². The molecule has 6 heteroatoms. The molecule has 1 heterocycles. The first-order chi connectivity index (χ1) is 9.82. The van der Waals surface area contributed by atoms with E-state index in [1.807, 2.05) is 6.07 Å². The molecular formula is C15H24N2O3S. The highest BCUT2D eigenvalue weighted by molar-refractivity contribution is 7.89. The molecule has 1 aliphatic rings. The first kappa shape index (κ1) is 16.1. The largest absolute Gasteiger partial charge is 0.492 e. The normalized spacial score (nSPS) is 15.1. The number of hydrogen-bond donors (Lipinski definition) is 1. The zero-order valence-electron chi connectivity index (χ0n) is 12.9. The molecule has 1 aromatic carbocycles.